The molecule has 0 aliphatic carbocycles. The first-order valence-corrected chi connectivity index (χ1v) is 8.19. The second-order valence-corrected chi connectivity index (χ2v) is 6.38. The number of nitrogens with zero attached hydrogens (tertiary/aromatic N) is 3. The molecule has 0 atom stereocenters. The summed E-state index contributed by atoms with van der Waals surface area (Å²) in [6.07, 6.45) is 1.88. The molecule has 3 heterocycles. The van der Waals surface area contributed by atoms with Crippen LogP contribution in [0.1, 0.15) is 53.0 Å². The summed E-state index contributed by atoms with van der Waals surface area (Å²) >= 11 is 0. The maximum atomic E-state index is 12.4. The van der Waals surface area contributed by atoms with Gasteiger partial charge < -0.3 is 14.7 Å². The highest BCUT2D eigenvalue weighted by atomic mass is 16.2. The summed E-state index contributed by atoms with van der Waals surface area (Å²) < 4.78 is 1.96. The Morgan fingerprint density at radius 3 is 2.68 bits per heavy atom. The first-order chi connectivity index (χ1) is 11.9. The molecule has 0 aromatic carbocycles. The van der Waals surface area contributed by atoms with E-state index in [1.807, 2.05) is 49.6 Å². The topological polar surface area (TPSA) is 92.1 Å². The lowest BCUT2D eigenvalue weighted by atomic mass is 10.1. The third kappa shape index (κ3) is 3.31. The van der Waals surface area contributed by atoms with E-state index in [1.165, 1.54) is 0 Å². The summed E-state index contributed by atoms with van der Waals surface area (Å²) in [5.41, 5.74) is 2.66. The predicted octanol–water partition coefficient (Wildman–Crippen LogP) is 2.09. The number of carbonyl (C=O) groups is 1. The Kier molecular flexibility index (Phi) is 4.39. The summed E-state index contributed by atoms with van der Waals surface area (Å²) in [5.74, 6) is 0.218. The standard InChI is InChI=1S/C18H21N5O2/c1-10(2)16-20-12(4)15(18(25)22-16)17(24)19-8-13-9-23-11(3)6-5-7-14(23)21-13/h5-7,9-10H,8H2,1-4H3,(H,19,24)(H,20,22,25). The smallest absolute Gasteiger partial charge is 0.264 e. The van der Waals surface area contributed by atoms with E-state index in [1.54, 1.807) is 6.92 Å². The van der Waals surface area contributed by atoms with Crippen LogP contribution in [0.25, 0.3) is 5.65 Å². The average Bonchev–Trinajstić information content (AvgIpc) is 2.96. The molecule has 0 aliphatic heterocycles. The van der Waals surface area contributed by atoms with Gasteiger partial charge in [-0.05, 0) is 26.0 Å². The van der Waals surface area contributed by atoms with Crippen molar-refractivity contribution in [2.24, 2.45) is 0 Å². The summed E-state index contributed by atoms with van der Waals surface area (Å²) in [4.78, 5) is 36.1. The van der Waals surface area contributed by atoms with Crippen LogP contribution in [0.3, 0.4) is 0 Å². The Morgan fingerprint density at radius 2 is 2.04 bits per heavy atom. The van der Waals surface area contributed by atoms with Crippen LogP contribution in [0, 0.1) is 13.8 Å². The van der Waals surface area contributed by atoms with Gasteiger partial charge in [-0.1, -0.05) is 19.9 Å². The molecule has 0 bridgehead atoms. The molecule has 7 heteroatoms. The number of carbonyl (C=O) groups excluding carboxylic acids is 1. The summed E-state index contributed by atoms with van der Waals surface area (Å²) in [6, 6.07) is 5.83. The molecule has 0 spiro atoms. The molecule has 130 valence electrons. The molecular formula is C18H21N5O2. The van der Waals surface area contributed by atoms with Gasteiger partial charge in [0.05, 0.1) is 17.9 Å². The van der Waals surface area contributed by atoms with Crippen molar-refractivity contribution in [1.82, 2.24) is 24.7 Å². The molecule has 3 aromatic rings. The van der Waals surface area contributed by atoms with Gasteiger partial charge in [-0.15, -0.1) is 0 Å². The lowest BCUT2D eigenvalue weighted by Gasteiger charge is -2.09. The van der Waals surface area contributed by atoms with Crippen LogP contribution in [0.15, 0.2) is 29.2 Å². The van der Waals surface area contributed by atoms with E-state index >= 15 is 0 Å². The molecule has 25 heavy (non-hydrogen) atoms. The van der Waals surface area contributed by atoms with Gasteiger partial charge in [0.2, 0.25) is 0 Å². The van der Waals surface area contributed by atoms with Gasteiger partial charge in [0, 0.05) is 17.8 Å². The van der Waals surface area contributed by atoms with E-state index in [0.29, 0.717) is 11.5 Å². The molecule has 3 aromatic heterocycles. The van der Waals surface area contributed by atoms with Gasteiger partial charge in [-0.3, -0.25) is 9.59 Å². The van der Waals surface area contributed by atoms with Crippen LogP contribution in [0.4, 0.5) is 0 Å². The lowest BCUT2D eigenvalue weighted by Crippen LogP contribution is -2.32. The van der Waals surface area contributed by atoms with Gasteiger partial charge >= 0.3 is 0 Å². The van der Waals surface area contributed by atoms with E-state index in [-0.39, 0.29) is 18.0 Å². The van der Waals surface area contributed by atoms with Crippen molar-refractivity contribution in [3.8, 4) is 0 Å². The van der Waals surface area contributed by atoms with Gasteiger partial charge in [-0.2, -0.15) is 0 Å². The fraction of sp³-hybridized carbons (Fsp3) is 0.333. The molecule has 1 amide bonds. The third-order valence-corrected chi connectivity index (χ3v) is 4.07. The van der Waals surface area contributed by atoms with Gasteiger partial charge in [0.25, 0.3) is 11.5 Å². The number of aromatic amines is 1. The van der Waals surface area contributed by atoms with E-state index in [2.05, 4.69) is 20.3 Å². The fourth-order valence-electron chi connectivity index (χ4n) is 2.69. The number of fused-ring (bicyclic) bond motifs is 1. The van der Waals surface area contributed by atoms with E-state index in [0.717, 1.165) is 17.0 Å². The Labute approximate surface area is 145 Å². The minimum absolute atomic E-state index is 0.0457. The zero-order valence-corrected chi connectivity index (χ0v) is 14.8. The second-order valence-electron chi connectivity index (χ2n) is 6.38. The number of hydrogen-bond donors (Lipinski definition) is 2. The number of H-pyrrole nitrogens is 1. The number of aromatic nitrogens is 4. The zero-order valence-electron chi connectivity index (χ0n) is 14.8. The highest BCUT2D eigenvalue weighted by Gasteiger charge is 2.17. The Balaban J connectivity index is 1.80. The van der Waals surface area contributed by atoms with Gasteiger partial charge in [0.15, 0.2) is 0 Å². The molecule has 0 radical (unpaired) electrons. The number of aryl methyl sites for hydroxylation is 2. The third-order valence-electron chi connectivity index (χ3n) is 4.07. The summed E-state index contributed by atoms with van der Waals surface area (Å²) in [5, 5.41) is 2.75. The first-order valence-electron chi connectivity index (χ1n) is 8.19. The molecule has 0 unspecified atom stereocenters. The van der Waals surface area contributed by atoms with Crippen LogP contribution >= 0.6 is 0 Å². The van der Waals surface area contributed by atoms with Crippen molar-refractivity contribution in [2.45, 2.75) is 40.2 Å². The quantitative estimate of drug-likeness (QED) is 0.761. The minimum atomic E-state index is -0.449. The molecule has 0 fully saturated rings. The Morgan fingerprint density at radius 1 is 1.28 bits per heavy atom. The number of nitrogens with one attached hydrogen (secondary N) is 2. The molecule has 3 rings (SSSR count). The van der Waals surface area contributed by atoms with Gasteiger partial charge in [-0.25, -0.2) is 9.97 Å². The number of amides is 1. The van der Waals surface area contributed by atoms with Crippen molar-refractivity contribution in [1.29, 1.82) is 0 Å². The van der Waals surface area contributed by atoms with E-state index in [9.17, 15) is 9.59 Å². The number of rotatable bonds is 4. The van der Waals surface area contributed by atoms with Crippen LogP contribution in [-0.2, 0) is 6.54 Å². The van der Waals surface area contributed by atoms with Crippen molar-refractivity contribution >= 4 is 11.6 Å². The maximum absolute atomic E-state index is 12.4. The predicted molar refractivity (Wildman–Crippen MR) is 94.8 cm³/mol. The van der Waals surface area contributed by atoms with Crippen LogP contribution in [-0.4, -0.2) is 25.3 Å². The van der Waals surface area contributed by atoms with Gasteiger partial charge in [0.1, 0.15) is 17.0 Å². The van der Waals surface area contributed by atoms with Crippen LogP contribution in [0.5, 0.6) is 0 Å². The Hall–Kier alpha value is -2.96. The first kappa shape index (κ1) is 16.9. The van der Waals surface area contributed by atoms with Crippen molar-refractivity contribution in [3.05, 3.63) is 63.2 Å². The lowest BCUT2D eigenvalue weighted by molar-refractivity contribution is 0.0947. The normalized spacial score (nSPS) is 11.2. The van der Waals surface area contributed by atoms with Crippen LogP contribution < -0.4 is 10.9 Å². The largest absolute Gasteiger partial charge is 0.346 e. The molecule has 0 saturated heterocycles. The summed E-state index contributed by atoms with van der Waals surface area (Å²) in [7, 11) is 0. The maximum Gasteiger partial charge on any atom is 0.264 e. The average molecular weight is 339 g/mol. The highest BCUT2D eigenvalue weighted by molar-refractivity contribution is 5.94. The van der Waals surface area contributed by atoms with Crippen molar-refractivity contribution in [3.63, 3.8) is 0 Å². The molecule has 7 nitrogen and oxygen atoms in total. The van der Waals surface area contributed by atoms with Crippen LogP contribution in [0.2, 0.25) is 0 Å². The molecule has 2 N–H and O–H groups in total. The second kappa shape index (κ2) is 6.51. The molecular weight excluding hydrogens is 318 g/mol. The molecule has 0 aliphatic rings. The minimum Gasteiger partial charge on any atom is -0.346 e. The number of pyridine rings is 1. The Bertz CT molecular complexity index is 1000. The molecule has 0 saturated carbocycles. The highest BCUT2D eigenvalue weighted by Crippen LogP contribution is 2.10. The zero-order chi connectivity index (χ0) is 18.1. The number of hydrogen-bond acceptors (Lipinski definition) is 4. The van der Waals surface area contributed by atoms with E-state index < -0.39 is 11.5 Å². The number of imidazole rings is 1. The fourth-order valence-corrected chi connectivity index (χ4v) is 2.69. The monoisotopic (exact) mass is 339 g/mol. The van der Waals surface area contributed by atoms with Crippen molar-refractivity contribution < 1.29 is 4.79 Å². The SMILES string of the molecule is Cc1nc(C(C)C)[nH]c(=O)c1C(=O)NCc1cn2c(C)cccc2n1. The van der Waals surface area contributed by atoms with E-state index in [4.69, 9.17) is 0 Å². The summed E-state index contributed by atoms with van der Waals surface area (Å²) in [6.45, 7) is 7.77. The van der Waals surface area contributed by atoms with Crippen molar-refractivity contribution in [2.75, 3.05) is 0 Å².